The molecule has 0 aromatic carbocycles. The van der Waals surface area contributed by atoms with Gasteiger partial charge in [-0.05, 0) is 0 Å². The molecule has 0 heterocycles. The van der Waals surface area contributed by atoms with E-state index in [1.54, 1.807) is 0 Å². The third-order valence-corrected chi connectivity index (χ3v) is 0.378. The van der Waals surface area contributed by atoms with Crippen molar-refractivity contribution in [3.8, 4) is 0 Å². The van der Waals surface area contributed by atoms with Gasteiger partial charge in [0.2, 0.25) is 0 Å². The number of aliphatic carboxylic acids is 1. The fourth-order valence-corrected chi connectivity index (χ4v) is 0.194. The molecular formula is C4H7NO2. The van der Waals surface area contributed by atoms with Crippen LogP contribution in [-0.4, -0.2) is 11.1 Å². The molecule has 7 heavy (non-hydrogen) atoms. The highest BCUT2D eigenvalue weighted by Gasteiger charge is 1.93. The summed E-state index contributed by atoms with van der Waals surface area (Å²) in [6, 6.07) is 0. The lowest BCUT2D eigenvalue weighted by Crippen LogP contribution is -2.02. The van der Waals surface area contributed by atoms with E-state index in [-0.39, 0.29) is 12.1 Å². The van der Waals surface area contributed by atoms with Crippen molar-refractivity contribution in [3.63, 3.8) is 0 Å². The molecule has 0 rings (SSSR count). The molecule has 0 aliphatic carbocycles. The number of hydrogen-bond donors (Lipinski definition) is 2. The summed E-state index contributed by atoms with van der Waals surface area (Å²) in [5.74, 6) is -0.937. The van der Waals surface area contributed by atoms with E-state index in [9.17, 15) is 4.79 Å². The van der Waals surface area contributed by atoms with Crippen molar-refractivity contribution < 1.29 is 9.90 Å². The van der Waals surface area contributed by atoms with E-state index in [0.29, 0.717) is 0 Å². The quantitative estimate of drug-likeness (QED) is 0.512. The standard InChI is InChI=1S/C4H7NO2/c1-3(5)2-4(6)7/h1-2,5H2,(H,6,7). The Hall–Kier alpha value is -0.990. The number of carbonyl (C=O) groups is 1. The topological polar surface area (TPSA) is 63.3 Å². The largest absolute Gasteiger partial charge is 0.481 e. The van der Waals surface area contributed by atoms with Gasteiger partial charge in [-0.3, -0.25) is 4.79 Å². The van der Waals surface area contributed by atoms with Gasteiger partial charge in [0.05, 0.1) is 6.42 Å². The molecule has 0 aromatic rings. The first-order valence-corrected chi connectivity index (χ1v) is 1.78. The Kier molecular flexibility index (Phi) is 1.91. The average Bonchev–Trinajstić information content (AvgIpc) is 1.27. The van der Waals surface area contributed by atoms with Gasteiger partial charge in [-0.1, -0.05) is 6.58 Å². The monoisotopic (exact) mass is 101 g/mol. The minimum Gasteiger partial charge on any atom is -0.481 e. The van der Waals surface area contributed by atoms with Crippen LogP contribution in [0.1, 0.15) is 6.42 Å². The van der Waals surface area contributed by atoms with Gasteiger partial charge in [0, 0.05) is 5.70 Å². The summed E-state index contributed by atoms with van der Waals surface area (Å²) in [6.07, 6.45) is -0.139. The maximum atomic E-state index is 9.67. The molecule has 0 atom stereocenters. The van der Waals surface area contributed by atoms with Crippen LogP contribution in [0.4, 0.5) is 0 Å². The zero-order chi connectivity index (χ0) is 5.86. The fraction of sp³-hybridized carbons (Fsp3) is 0.250. The molecule has 0 amide bonds. The molecule has 0 aliphatic rings. The van der Waals surface area contributed by atoms with Gasteiger partial charge in [0.15, 0.2) is 0 Å². The summed E-state index contributed by atoms with van der Waals surface area (Å²) in [5.41, 5.74) is 5.11. The third kappa shape index (κ3) is 5.01. The van der Waals surface area contributed by atoms with Crippen LogP contribution in [0, 0.1) is 0 Å². The highest BCUT2D eigenvalue weighted by atomic mass is 16.4. The second kappa shape index (κ2) is 2.23. The van der Waals surface area contributed by atoms with Crippen LogP contribution in [0.2, 0.25) is 0 Å². The summed E-state index contributed by atoms with van der Waals surface area (Å²) in [4.78, 5) is 9.67. The second-order valence-electron chi connectivity index (χ2n) is 1.23. The third-order valence-electron chi connectivity index (χ3n) is 0.378. The van der Waals surface area contributed by atoms with Crippen molar-refractivity contribution in [1.29, 1.82) is 0 Å². The van der Waals surface area contributed by atoms with Crippen molar-refractivity contribution in [2.75, 3.05) is 0 Å². The SMILES string of the molecule is C=C(N)CC(=O)O. The lowest BCUT2D eigenvalue weighted by molar-refractivity contribution is -0.136. The molecule has 40 valence electrons. The zero-order valence-electron chi connectivity index (χ0n) is 3.85. The molecular weight excluding hydrogens is 94.0 g/mol. The van der Waals surface area contributed by atoms with E-state index in [1.807, 2.05) is 0 Å². The first-order valence-electron chi connectivity index (χ1n) is 1.78. The lowest BCUT2D eigenvalue weighted by Gasteiger charge is -1.87. The molecule has 0 bridgehead atoms. The van der Waals surface area contributed by atoms with Gasteiger partial charge in [-0.25, -0.2) is 0 Å². The van der Waals surface area contributed by atoms with E-state index in [2.05, 4.69) is 6.58 Å². The average molecular weight is 101 g/mol. The highest BCUT2D eigenvalue weighted by Crippen LogP contribution is 1.84. The summed E-state index contributed by atoms with van der Waals surface area (Å²) in [7, 11) is 0. The molecule has 3 nitrogen and oxygen atoms in total. The summed E-state index contributed by atoms with van der Waals surface area (Å²) in [5, 5.41) is 7.94. The van der Waals surface area contributed by atoms with Crippen LogP contribution in [0.3, 0.4) is 0 Å². The van der Waals surface area contributed by atoms with E-state index in [4.69, 9.17) is 10.8 Å². The Morgan fingerprint density at radius 2 is 2.29 bits per heavy atom. The summed E-state index contributed by atoms with van der Waals surface area (Å²) in [6.45, 7) is 3.19. The Balaban J connectivity index is 3.32. The van der Waals surface area contributed by atoms with Crippen LogP contribution in [0.5, 0.6) is 0 Å². The van der Waals surface area contributed by atoms with Crippen molar-refractivity contribution >= 4 is 5.97 Å². The van der Waals surface area contributed by atoms with E-state index >= 15 is 0 Å². The Labute approximate surface area is 41.4 Å². The molecule has 3 heteroatoms. The van der Waals surface area contributed by atoms with Gasteiger partial charge >= 0.3 is 5.97 Å². The number of carboxylic acid groups (broad SMARTS) is 1. The molecule has 0 radical (unpaired) electrons. The number of rotatable bonds is 2. The van der Waals surface area contributed by atoms with Gasteiger partial charge in [-0.15, -0.1) is 0 Å². The Morgan fingerprint density at radius 3 is 2.29 bits per heavy atom. The van der Waals surface area contributed by atoms with Gasteiger partial charge in [0.25, 0.3) is 0 Å². The van der Waals surface area contributed by atoms with Crippen LogP contribution in [0.25, 0.3) is 0 Å². The number of hydrogen-bond acceptors (Lipinski definition) is 2. The molecule has 0 aromatic heterocycles. The minimum atomic E-state index is -0.937. The maximum absolute atomic E-state index is 9.67. The van der Waals surface area contributed by atoms with Crippen molar-refractivity contribution in [2.24, 2.45) is 5.73 Å². The smallest absolute Gasteiger partial charge is 0.309 e. The molecule has 3 N–H and O–H groups in total. The zero-order valence-corrected chi connectivity index (χ0v) is 3.85. The lowest BCUT2D eigenvalue weighted by atomic mass is 10.4. The maximum Gasteiger partial charge on any atom is 0.309 e. The van der Waals surface area contributed by atoms with E-state index < -0.39 is 5.97 Å². The molecule has 0 spiro atoms. The first-order chi connectivity index (χ1) is 3.13. The molecule has 0 fully saturated rings. The normalized spacial score (nSPS) is 8.00. The van der Waals surface area contributed by atoms with Crippen molar-refractivity contribution in [2.45, 2.75) is 6.42 Å². The number of carboxylic acids is 1. The van der Waals surface area contributed by atoms with E-state index in [0.717, 1.165) is 0 Å². The van der Waals surface area contributed by atoms with Gasteiger partial charge in [-0.2, -0.15) is 0 Å². The predicted octanol–water partition coefficient (Wildman–Crippen LogP) is -0.0665. The van der Waals surface area contributed by atoms with E-state index in [1.165, 1.54) is 0 Å². The van der Waals surface area contributed by atoms with Crippen molar-refractivity contribution in [3.05, 3.63) is 12.3 Å². The van der Waals surface area contributed by atoms with Crippen molar-refractivity contribution in [1.82, 2.24) is 0 Å². The number of nitrogens with two attached hydrogens (primary N) is 1. The highest BCUT2D eigenvalue weighted by molar-refractivity contribution is 5.69. The first kappa shape index (κ1) is 6.01. The molecule has 0 saturated heterocycles. The second-order valence-corrected chi connectivity index (χ2v) is 1.23. The van der Waals surface area contributed by atoms with Crippen LogP contribution < -0.4 is 5.73 Å². The molecule has 0 unspecified atom stereocenters. The Morgan fingerprint density at radius 1 is 1.86 bits per heavy atom. The van der Waals surface area contributed by atoms with Crippen LogP contribution in [-0.2, 0) is 4.79 Å². The van der Waals surface area contributed by atoms with Crippen LogP contribution >= 0.6 is 0 Å². The minimum absolute atomic E-state index is 0.139. The fourth-order valence-electron chi connectivity index (χ4n) is 0.194. The molecule has 0 aliphatic heterocycles. The Bertz CT molecular complexity index is 85.9. The van der Waals surface area contributed by atoms with Crippen LogP contribution in [0.15, 0.2) is 12.3 Å². The van der Waals surface area contributed by atoms with Gasteiger partial charge in [0.1, 0.15) is 0 Å². The summed E-state index contributed by atoms with van der Waals surface area (Å²) < 4.78 is 0. The van der Waals surface area contributed by atoms with Gasteiger partial charge < -0.3 is 10.8 Å². The molecule has 0 saturated carbocycles. The predicted molar refractivity (Wildman–Crippen MR) is 25.6 cm³/mol. The summed E-state index contributed by atoms with van der Waals surface area (Å²) >= 11 is 0.